The molecule has 2 aromatic carbocycles. The van der Waals surface area contributed by atoms with Gasteiger partial charge < -0.3 is 15.0 Å². The number of H-pyrrole nitrogens is 1. The van der Waals surface area contributed by atoms with E-state index in [1.807, 2.05) is 24.3 Å². The number of rotatable bonds is 5. The Morgan fingerprint density at radius 1 is 1.19 bits per heavy atom. The fourth-order valence-electron chi connectivity index (χ4n) is 2.55. The van der Waals surface area contributed by atoms with E-state index in [1.54, 1.807) is 18.3 Å². The number of halogens is 2. The molecule has 0 aliphatic rings. The average molecular weight is 391 g/mol. The van der Waals surface area contributed by atoms with Crippen LogP contribution in [-0.2, 0) is 20.7 Å². The minimum atomic E-state index is -0.959. The van der Waals surface area contributed by atoms with Gasteiger partial charge in [-0.2, -0.15) is 0 Å². The van der Waals surface area contributed by atoms with Gasteiger partial charge in [0.05, 0.1) is 17.1 Å². The number of hydrogen-bond acceptors (Lipinski definition) is 3. The van der Waals surface area contributed by atoms with Gasteiger partial charge in [0.2, 0.25) is 0 Å². The number of esters is 1. The maximum atomic E-state index is 12.2. The molecule has 0 saturated carbocycles. The normalized spacial score (nSPS) is 12.0. The monoisotopic (exact) mass is 390 g/mol. The van der Waals surface area contributed by atoms with Gasteiger partial charge in [-0.25, -0.2) is 0 Å². The summed E-state index contributed by atoms with van der Waals surface area (Å²) >= 11 is 11.8. The number of amides is 1. The molecule has 1 amide bonds. The van der Waals surface area contributed by atoms with Crippen LogP contribution >= 0.6 is 23.2 Å². The summed E-state index contributed by atoms with van der Waals surface area (Å²) in [4.78, 5) is 27.5. The second-order valence-electron chi connectivity index (χ2n) is 5.78. The van der Waals surface area contributed by atoms with Crippen LogP contribution in [0.3, 0.4) is 0 Å². The van der Waals surface area contributed by atoms with Crippen molar-refractivity contribution in [1.29, 1.82) is 0 Å². The van der Waals surface area contributed by atoms with Crippen molar-refractivity contribution in [3.63, 3.8) is 0 Å². The number of nitrogens with one attached hydrogen (secondary N) is 2. The smallest absolute Gasteiger partial charge is 0.311 e. The Balaban J connectivity index is 1.60. The maximum Gasteiger partial charge on any atom is 0.311 e. The van der Waals surface area contributed by atoms with Crippen molar-refractivity contribution in [2.45, 2.75) is 19.4 Å². The van der Waals surface area contributed by atoms with Crippen LogP contribution in [0.2, 0.25) is 10.0 Å². The van der Waals surface area contributed by atoms with E-state index in [0.717, 1.165) is 16.5 Å². The molecule has 0 aliphatic heterocycles. The molecule has 7 heteroatoms. The molecule has 1 atom stereocenters. The van der Waals surface area contributed by atoms with Crippen LogP contribution in [0.4, 0.5) is 5.69 Å². The van der Waals surface area contributed by atoms with Gasteiger partial charge in [-0.05, 0) is 36.8 Å². The van der Waals surface area contributed by atoms with Gasteiger partial charge in [0, 0.05) is 22.1 Å². The first-order valence-corrected chi connectivity index (χ1v) is 8.70. The lowest BCUT2D eigenvalue weighted by atomic mass is 10.1. The Labute approximate surface area is 160 Å². The summed E-state index contributed by atoms with van der Waals surface area (Å²) in [5.74, 6) is -0.957. The number of carbonyl (C=O) groups excluding carboxylic acids is 2. The number of ether oxygens (including phenoxy) is 1. The molecule has 26 heavy (non-hydrogen) atoms. The van der Waals surface area contributed by atoms with Gasteiger partial charge in [-0.15, -0.1) is 0 Å². The number of hydrogen-bond donors (Lipinski definition) is 2. The first-order valence-electron chi connectivity index (χ1n) is 7.94. The highest BCUT2D eigenvalue weighted by Crippen LogP contribution is 2.25. The highest BCUT2D eigenvalue weighted by atomic mass is 35.5. The van der Waals surface area contributed by atoms with E-state index in [2.05, 4.69) is 10.3 Å². The van der Waals surface area contributed by atoms with Gasteiger partial charge in [0.25, 0.3) is 5.91 Å². The lowest BCUT2D eigenvalue weighted by Crippen LogP contribution is -2.30. The van der Waals surface area contributed by atoms with Crippen molar-refractivity contribution in [1.82, 2.24) is 4.98 Å². The summed E-state index contributed by atoms with van der Waals surface area (Å²) in [6.45, 7) is 1.51. The highest BCUT2D eigenvalue weighted by molar-refractivity contribution is 6.36. The van der Waals surface area contributed by atoms with Crippen LogP contribution < -0.4 is 5.32 Å². The Bertz CT molecular complexity index is 968. The van der Waals surface area contributed by atoms with Crippen LogP contribution in [-0.4, -0.2) is 23.0 Å². The molecule has 0 bridgehead atoms. The van der Waals surface area contributed by atoms with E-state index in [4.69, 9.17) is 27.9 Å². The van der Waals surface area contributed by atoms with Crippen LogP contribution in [0, 0.1) is 0 Å². The number of aromatic nitrogens is 1. The predicted molar refractivity (Wildman–Crippen MR) is 103 cm³/mol. The molecule has 0 fully saturated rings. The topological polar surface area (TPSA) is 71.2 Å². The third kappa shape index (κ3) is 4.18. The van der Waals surface area contributed by atoms with Gasteiger partial charge in [0.1, 0.15) is 0 Å². The third-order valence-corrected chi connectivity index (χ3v) is 4.42. The lowest BCUT2D eigenvalue weighted by Gasteiger charge is -2.14. The molecule has 0 saturated heterocycles. The quantitative estimate of drug-likeness (QED) is 0.625. The van der Waals surface area contributed by atoms with Crippen molar-refractivity contribution in [3.8, 4) is 0 Å². The summed E-state index contributed by atoms with van der Waals surface area (Å²) in [5.41, 5.74) is 2.16. The summed E-state index contributed by atoms with van der Waals surface area (Å²) in [5, 5.41) is 4.34. The molecular formula is C19H16Cl2N2O3. The van der Waals surface area contributed by atoms with Crippen LogP contribution in [0.5, 0.6) is 0 Å². The molecule has 0 aliphatic carbocycles. The first-order chi connectivity index (χ1) is 12.4. The van der Waals surface area contributed by atoms with Crippen LogP contribution in [0.15, 0.2) is 48.7 Å². The summed E-state index contributed by atoms with van der Waals surface area (Å²) < 4.78 is 5.24. The van der Waals surface area contributed by atoms with Gasteiger partial charge in [0.15, 0.2) is 6.10 Å². The van der Waals surface area contributed by atoms with Crippen molar-refractivity contribution in [2.75, 3.05) is 5.32 Å². The predicted octanol–water partition coefficient (Wildman–Crippen LogP) is 4.59. The molecule has 0 unspecified atom stereocenters. The first kappa shape index (κ1) is 18.3. The minimum Gasteiger partial charge on any atom is -0.452 e. The van der Waals surface area contributed by atoms with Gasteiger partial charge in [-0.1, -0.05) is 41.4 Å². The molecule has 0 spiro atoms. The van der Waals surface area contributed by atoms with Crippen molar-refractivity contribution in [2.24, 2.45) is 0 Å². The SMILES string of the molecule is C[C@H](OC(=O)Cc1c[nH]c2ccccc12)C(=O)Nc1ccc(Cl)cc1Cl. The zero-order valence-corrected chi connectivity index (χ0v) is 15.4. The Kier molecular flexibility index (Phi) is 5.49. The molecule has 0 radical (unpaired) electrons. The fourth-order valence-corrected chi connectivity index (χ4v) is 3.01. The highest BCUT2D eigenvalue weighted by Gasteiger charge is 2.20. The van der Waals surface area contributed by atoms with Crippen LogP contribution in [0.1, 0.15) is 12.5 Å². The average Bonchev–Trinajstić information content (AvgIpc) is 3.00. The van der Waals surface area contributed by atoms with Crippen molar-refractivity contribution in [3.05, 3.63) is 64.3 Å². The van der Waals surface area contributed by atoms with Crippen molar-refractivity contribution >= 4 is 51.7 Å². The second-order valence-corrected chi connectivity index (χ2v) is 6.63. The van der Waals surface area contributed by atoms with Crippen LogP contribution in [0.25, 0.3) is 10.9 Å². The second kappa shape index (κ2) is 7.81. The molecule has 2 N–H and O–H groups in total. The molecule has 3 rings (SSSR count). The molecule has 5 nitrogen and oxygen atoms in total. The van der Waals surface area contributed by atoms with E-state index in [1.165, 1.54) is 13.0 Å². The standard InChI is InChI=1S/C19H16Cl2N2O3/c1-11(19(25)23-17-7-6-13(20)9-15(17)21)26-18(24)8-12-10-22-16-5-3-2-4-14(12)16/h2-7,9-11,22H,8H2,1H3,(H,23,25)/t11-/m0/s1. The van der Waals surface area contributed by atoms with E-state index in [9.17, 15) is 9.59 Å². The number of aromatic amines is 1. The van der Waals surface area contributed by atoms with E-state index >= 15 is 0 Å². The lowest BCUT2D eigenvalue weighted by molar-refractivity contribution is -0.152. The number of para-hydroxylation sites is 1. The Hall–Kier alpha value is -2.50. The van der Waals surface area contributed by atoms with Crippen molar-refractivity contribution < 1.29 is 14.3 Å². The Morgan fingerprint density at radius 3 is 2.73 bits per heavy atom. The third-order valence-electron chi connectivity index (χ3n) is 3.88. The molecular weight excluding hydrogens is 375 g/mol. The van der Waals surface area contributed by atoms with Gasteiger partial charge in [-0.3, -0.25) is 9.59 Å². The maximum absolute atomic E-state index is 12.2. The van der Waals surface area contributed by atoms with E-state index in [0.29, 0.717) is 15.7 Å². The largest absolute Gasteiger partial charge is 0.452 e. The molecule has 134 valence electrons. The van der Waals surface area contributed by atoms with E-state index in [-0.39, 0.29) is 6.42 Å². The number of benzene rings is 2. The molecule has 3 aromatic rings. The minimum absolute atomic E-state index is 0.0728. The number of fused-ring (bicyclic) bond motifs is 1. The Morgan fingerprint density at radius 2 is 1.96 bits per heavy atom. The number of anilines is 1. The molecule has 1 heterocycles. The molecule has 1 aromatic heterocycles. The summed E-state index contributed by atoms with van der Waals surface area (Å²) in [7, 11) is 0. The van der Waals surface area contributed by atoms with E-state index < -0.39 is 18.0 Å². The zero-order valence-electron chi connectivity index (χ0n) is 13.9. The zero-order chi connectivity index (χ0) is 18.7. The fraction of sp³-hybridized carbons (Fsp3) is 0.158. The summed E-state index contributed by atoms with van der Waals surface area (Å²) in [6.07, 6.45) is 0.882. The number of carbonyl (C=O) groups is 2. The van der Waals surface area contributed by atoms with Gasteiger partial charge >= 0.3 is 5.97 Å². The summed E-state index contributed by atoms with van der Waals surface area (Å²) in [6, 6.07) is 12.4.